The number of hydrogen-bond acceptors (Lipinski definition) is 1. The highest BCUT2D eigenvalue weighted by atomic mass is 16.5. The standard InChI is InChI=1S/C13H14O/c1-7-5-4-6-10-11(7)13-9(3)8(2)12(10)14-13/h4-6,12-13H,1-3H3/t12-,13+/m1/s1. The zero-order valence-electron chi connectivity index (χ0n) is 8.79. The second-order valence-electron chi connectivity index (χ2n) is 4.34. The SMILES string of the molecule is CC1=C(C)[C@@H]2O[C@H]1c1cccc(C)c12. The zero-order valence-corrected chi connectivity index (χ0v) is 8.79. The number of fused-ring (bicyclic) bond motifs is 5. The molecule has 2 aliphatic heterocycles. The van der Waals surface area contributed by atoms with E-state index in [-0.39, 0.29) is 12.2 Å². The number of aryl methyl sites for hydroxylation is 1. The molecule has 1 nitrogen and oxygen atoms in total. The van der Waals surface area contributed by atoms with Gasteiger partial charge in [-0.3, -0.25) is 0 Å². The Hall–Kier alpha value is -1.08. The third-order valence-corrected chi connectivity index (χ3v) is 3.58. The predicted molar refractivity (Wildman–Crippen MR) is 56.1 cm³/mol. The minimum absolute atomic E-state index is 0.245. The Morgan fingerprint density at radius 2 is 1.71 bits per heavy atom. The van der Waals surface area contributed by atoms with E-state index in [1.54, 1.807) is 0 Å². The topological polar surface area (TPSA) is 9.23 Å². The van der Waals surface area contributed by atoms with Crippen LogP contribution in [0, 0.1) is 6.92 Å². The van der Waals surface area contributed by atoms with Crippen LogP contribution in [0.3, 0.4) is 0 Å². The summed E-state index contributed by atoms with van der Waals surface area (Å²) >= 11 is 0. The van der Waals surface area contributed by atoms with Crippen LogP contribution in [-0.4, -0.2) is 0 Å². The van der Waals surface area contributed by atoms with Gasteiger partial charge in [-0.15, -0.1) is 0 Å². The summed E-state index contributed by atoms with van der Waals surface area (Å²) in [7, 11) is 0. The summed E-state index contributed by atoms with van der Waals surface area (Å²) < 4.78 is 5.97. The van der Waals surface area contributed by atoms with Gasteiger partial charge in [-0.25, -0.2) is 0 Å². The molecule has 1 heteroatoms. The second kappa shape index (κ2) is 2.48. The molecule has 2 bridgehead atoms. The maximum absolute atomic E-state index is 5.97. The average molecular weight is 186 g/mol. The van der Waals surface area contributed by atoms with E-state index in [2.05, 4.69) is 39.0 Å². The summed E-state index contributed by atoms with van der Waals surface area (Å²) in [5.74, 6) is 0. The smallest absolute Gasteiger partial charge is 0.106 e. The van der Waals surface area contributed by atoms with Crippen molar-refractivity contribution in [2.24, 2.45) is 0 Å². The summed E-state index contributed by atoms with van der Waals surface area (Å²) in [6.07, 6.45) is 0.492. The van der Waals surface area contributed by atoms with E-state index in [0.29, 0.717) is 0 Å². The fourth-order valence-corrected chi connectivity index (χ4v) is 2.64. The van der Waals surface area contributed by atoms with Gasteiger partial charge in [0.15, 0.2) is 0 Å². The Kier molecular flexibility index (Phi) is 1.46. The number of hydrogen-bond donors (Lipinski definition) is 0. The molecule has 0 aromatic heterocycles. The Labute approximate surface area is 84.4 Å². The molecule has 3 rings (SSSR count). The van der Waals surface area contributed by atoms with Crippen molar-refractivity contribution < 1.29 is 4.74 Å². The molecule has 0 fully saturated rings. The second-order valence-corrected chi connectivity index (χ2v) is 4.34. The summed E-state index contributed by atoms with van der Waals surface area (Å²) in [4.78, 5) is 0. The first-order chi connectivity index (χ1) is 6.70. The molecule has 0 unspecified atom stereocenters. The zero-order chi connectivity index (χ0) is 9.87. The lowest BCUT2D eigenvalue weighted by atomic mass is 9.85. The van der Waals surface area contributed by atoms with Crippen molar-refractivity contribution in [2.75, 3.05) is 0 Å². The van der Waals surface area contributed by atoms with Crippen molar-refractivity contribution in [1.29, 1.82) is 0 Å². The van der Waals surface area contributed by atoms with Crippen LogP contribution in [0.5, 0.6) is 0 Å². The highest BCUT2D eigenvalue weighted by molar-refractivity contribution is 5.52. The van der Waals surface area contributed by atoms with Gasteiger partial charge in [0.05, 0.1) is 0 Å². The summed E-state index contributed by atoms with van der Waals surface area (Å²) in [5.41, 5.74) is 6.99. The lowest BCUT2D eigenvalue weighted by Gasteiger charge is -2.16. The molecule has 0 aliphatic carbocycles. The molecule has 0 saturated carbocycles. The molecular formula is C13H14O. The van der Waals surface area contributed by atoms with Crippen LogP contribution in [0.25, 0.3) is 0 Å². The van der Waals surface area contributed by atoms with E-state index >= 15 is 0 Å². The lowest BCUT2D eigenvalue weighted by Crippen LogP contribution is -2.02. The van der Waals surface area contributed by atoms with E-state index in [4.69, 9.17) is 4.74 Å². The molecule has 2 atom stereocenters. The minimum Gasteiger partial charge on any atom is -0.357 e. The molecule has 0 radical (unpaired) electrons. The highest BCUT2D eigenvalue weighted by Crippen LogP contribution is 2.54. The van der Waals surface area contributed by atoms with E-state index in [1.165, 1.54) is 27.8 Å². The van der Waals surface area contributed by atoms with Gasteiger partial charge in [0.25, 0.3) is 0 Å². The molecule has 2 heterocycles. The van der Waals surface area contributed by atoms with E-state index in [0.717, 1.165) is 0 Å². The molecular weight excluding hydrogens is 172 g/mol. The van der Waals surface area contributed by atoms with Crippen molar-refractivity contribution in [3.05, 3.63) is 46.0 Å². The largest absolute Gasteiger partial charge is 0.357 e. The van der Waals surface area contributed by atoms with Gasteiger partial charge >= 0.3 is 0 Å². The van der Waals surface area contributed by atoms with Crippen LogP contribution < -0.4 is 0 Å². The summed E-state index contributed by atoms with van der Waals surface area (Å²) in [6.45, 7) is 6.55. The van der Waals surface area contributed by atoms with Gasteiger partial charge in [-0.1, -0.05) is 18.2 Å². The molecule has 1 aromatic carbocycles. The maximum Gasteiger partial charge on any atom is 0.106 e. The first-order valence-corrected chi connectivity index (χ1v) is 5.12. The normalized spacial score (nSPS) is 28.5. The van der Waals surface area contributed by atoms with Gasteiger partial charge in [-0.2, -0.15) is 0 Å². The van der Waals surface area contributed by atoms with Crippen molar-refractivity contribution in [3.8, 4) is 0 Å². The quantitative estimate of drug-likeness (QED) is 0.564. The van der Waals surface area contributed by atoms with E-state index in [9.17, 15) is 0 Å². The monoisotopic (exact) mass is 186 g/mol. The molecule has 72 valence electrons. The van der Waals surface area contributed by atoms with Crippen LogP contribution in [0.2, 0.25) is 0 Å². The van der Waals surface area contributed by atoms with E-state index < -0.39 is 0 Å². The predicted octanol–water partition coefficient (Wildman–Crippen LogP) is 3.46. The summed E-state index contributed by atoms with van der Waals surface area (Å²) in [6, 6.07) is 6.50. The van der Waals surface area contributed by atoms with Gasteiger partial charge in [0, 0.05) is 0 Å². The first kappa shape index (κ1) is 8.25. The van der Waals surface area contributed by atoms with E-state index in [1.807, 2.05) is 0 Å². The van der Waals surface area contributed by atoms with Crippen molar-refractivity contribution >= 4 is 0 Å². The molecule has 14 heavy (non-hydrogen) atoms. The molecule has 0 spiro atoms. The van der Waals surface area contributed by atoms with Gasteiger partial charge in [0.2, 0.25) is 0 Å². The van der Waals surface area contributed by atoms with Gasteiger partial charge in [-0.05, 0) is 48.6 Å². The average Bonchev–Trinajstić information content (AvgIpc) is 2.67. The van der Waals surface area contributed by atoms with Crippen molar-refractivity contribution in [3.63, 3.8) is 0 Å². The first-order valence-electron chi connectivity index (χ1n) is 5.12. The minimum atomic E-state index is 0.245. The Bertz CT molecular complexity index is 443. The van der Waals surface area contributed by atoms with Gasteiger partial charge < -0.3 is 4.74 Å². The van der Waals surface area contributed by atoms with Gasteiger partial charge in [0.1, 0.15) is 12.2 Å². The molecule has 0 saturated heterocycles. The summed E-state index contributed by atoms with van der Waals surface area (Å²) in [5, 5.41) is 0. The Morgan fingerprint density at radius 1 is 1.00 bits per heavy atom. The third-order valence-electron chi connectivity index (χ3n) is 3.58. The molecule has 1 aromatic rings. The van der Waals surface area contributed by atoms with Crippen LogP contribution >= 0.6 is 0 Å². The lowest BCUT2D eigenvalue weighted by molar-refractivity contribution is 0.0791. The van der Waals surface area contributed by atoms with Crippen LogP contribution in [-0.2, 0) is 4.74 Å². The van der Waals surface area contributed by atoms with Crippen LogP contribution in [0.15, 0.2) is 29.3 Å². The molecule has 0 N–H and O–H groups in total. The highest BCUT2D eigenvalue weighted by Gasteiger charge is 2.41. The Balaban J connectivity index is 2.26. The van der Waals surface area contributed by atoms with Crippen LogP contribution in [0.4, 0.5) is 0 Å². The number of rotatable bonds is 0. The number of ether oxygens (including phenoxy) is 1. The number of benzene rings is 1. The molecule has 0 amide bonds. The fraction of sp³-hybridized carbons (Fsp3) is 0.385. The van der Waals surface area contributed by atoms with Crippen molar-refractivity contribution in [1.82, 2.24) is 0 Å². The third kappa shape index (κ3) is 0.788. The van der Waals surface area contributed by atoms with Crippen molar-refractivity contribution in [2.45, 2.75) is 33.0 Å². The van der Waals surface area contributed by atoms with Crippen LogP contribution in [0.1, 0.15) is 42.7 Å². The Morgan fingerprint density at radius 3 is 2.50 bits per heavy atom. The maximum atomic E-state index is 5.97. The molecule has 2 aliphatic rings. The fourth-order valence-electron chi connectivity index (χ4n) is 2.64.